The molecule has 0 bridgehead atoms. The molecule has 0 saturated carbocycles. The van der Waals surface area contributed by atoms with Crippen molar-refractivity contribution in [2.45, 2.75) is 0 Å². The fraction of sp³-hybridized carbons (Fsp3) is 0. The minimum Gasteiger partial charge on any atom is -0.334 e. The summed E-state index contributed by atoms with van der Waals surface area (Å²) in [7, 11) is 0. The maximum Gasteiger partial charge on any atom is 0.292 e. The van der Waals surface area contributed by atoms with Crippen LogP contribution in [-0.2, 0) is 0 Å². The van der Waals surface area contributed by atoms with Gasteiger partial charge in [-0.3, -0.25) is 10.1 Å². The molecule has 2 aromatic carbocycles. The Hall–Kier alpha value is -3.02. The van der Waals surface area contributed by atoms with Gasteiger partial charge < -0.3 is 5.32 Å². The monoisotopic (exact) mass is 266 g/mol. The number of nitrogens with one attached hydrogen (secondary N) is 1. The van der Waals surface area contributed by atoms with E-state index in [2.05, 4.69) is 15.3 Å². The van der Waals surface area contributed by atoms with E-state index >= 15 is 0 Å². The van der Waals surface area contributed by atoms with E-state index in [0.717, 1.165) is 10.9 Å². The maximum absolute atomic E-state index is 11.0. The first-order chi connectivity index (χ1) is 9.75. The van der Waals surface area contributed by atoms with Gasteiger partial charge in [-0.1, -0.05) is 24.3 Å². The number of rotatable bonds is 3. The zero-order valence-corrected chi connectivity index (χ0v) is 10.4. The van der Waals surface area contributed by atoms with E-state index in [-0.39, 0.29) is 5.69 Å². The van der Waals surface area contributed by atoms with Gasteiger partial charge in [-0.2, -0.15) is 0 Å². The van der Waals surface area contributed by atoms with Crippen LogP contribution in [0.15, 0.2) is 54.9 Å². The van der Waals surface area contributed by atoms with E-state index in [1.54, 1.807) is 18.2 Å². The maximum atomic E-state index is 11.0. The summed E-state index contributed by atoms with van der Waals surface area (Å²) in [6.45, 7) is 0. The lowest BCUT2D eigenvalue weighted by molar-refractivity contribution is -0.383. The van der Waals surface area contributed by atoms with E-state index < -0.39 is 4.92 Å². The average Bonchev–Trinajstić information content (AvgIpc) is 2.48. The largest absolute Gasteiger partial charge is 0.334 e. The first-order valence-corrected chi connectivity index (χ1v) is 5.96. The summed E-state index contributed by atoms with van der Waals surface area (Å²) in [5, 5.41) is 14.8. The van der Waals surface area contributed by atoms with Crippen molar-refractivity contribution in [2.75, 3.05) is 5.32 Å². The minimum absolute atomic E-state index is 0.00944. The summed E-state index contributed by atoms with van der Waals surface area (Å²) in [6, 6.07) is 13.9. The molecule has 3 aromatic rings. The molecule has 0 atom stereocenters. The molecular weight excluding hydrogens is 256 g/mol. The lowest BCUT2D eigenvalue weighted by Crippen LogP contribution is -1.99. The van der Waals surface area contributed by atoms with Gasteiger partial charge >= 0.3 is 0 Å². The van der Waals surface area contributed by atoms with Crippen molar-refractivity contribution >= 4 is 28.1 Å². The number of anilines is 2. The molecule has 20 heavy (non-hydrogen) atoms. The molecule has 0 aliphatic heterocycles. The van der Waals surface area contributed by atoms with Crippen molar-refractivity contribution < 1.29 is 4.92 Å². The van der Waals surface area contributed by atoms with Gasteiger partial charge in [0, 0.05) is 11.5 Å². The zero-order chi connectivity index (χ0) is 13.9. The van der Waals surface area contributed by atoms with Crippen molar-refractivity contribution in [3.63, 3.8) is 0 Å². The number of hydrogen-bond acceptors (Lipinski definition) is 5. The fourth-order valence-electron chi connectivity index (χ4n) is 1.97. The number of aromatic nitrogens is 2. The molecule has 3 rings (SSSR count). The fourth-order valence-corrected chi connectivity index (χ4v) is 1.97. The third kappa shape index (κ3) is 2.14. The van der Waals surface area contributed by atoms with Gasteiger partial charge in [-0.15, -0.1) is 0 Å². The zero-order valence-electron chi connectivity index (χ0n) is 10.4. The Kier molecular flexibility index (Phi) is 2.96. The smallest absolute Gasteiger partial charge is 0.292 e. The molecule has 0 saturated heterocycles. The summed E-state index contributed by atoms with van der Waals surface area (Å²) >= 11 is 0. The summed E-state index contributed by atoms with van der Waals surface area (Å²) in [5.41, 5.74) is 1.19. The summed E-state index contributed by atoms with van der Waals surface area (Å²) in [4.78, 5) is 18.9. The quantitative estimate of drug-likeness (QED) is 0.581. The summed E-state index contributed by atoms with van der Waals surface area (Å²) in [6.07, 6.45) is 1.43. The predicted molar refractivity (Wildman–Crippen MR) is 75.9 cm³/mol. The van der Waals surface area contributed by atoms with Crippen molar-refractivity contribution in [1.82, 2.24) is 9.97 Å². The van der Waals surface area contributed by atoms with Gasteiger partial charge in [-0.25, -0.2) is 9.97 Å². The van der Waals surface area contributed by atoms with Crippen LogP contribution in [0.25, 0.3) is 10.9 Å². The highest BCUT2D eigenvalue weighted by Crippen LogP contribution is 2.28. The van der Waals surface area contributed by atoms with Crippen LogP contribution in [0.2, 0.25) is 0 Å². The van der Waals surface area contributed by atoms with Crippen molar-refractivity contribution in [3.05, 3.63) is 65.0 Å². The third-order valence-electron chi connectivity index (χ3n) is 2.90. The van der Waals surface area contributed by atoms with Crippen molar-refractivity contribution in [2.24, 2.45) is 0 Å². The van der Waals surface area contributed by atoms with Gasteiger partial charge in [0.25, 0.3) is 5.69 Å². The third-order valence-corrected chi connectivity index (χ3v) is 2.90. The predicted octanol–water partition coefficient (Wildman–Crippen LogP) is 3.28. The van der Waals surface area contributed by atoms with E-state index in [1.165, 1.54) is 12.4 Å². The molecular formula is C14H10N4O2. The molecule has 0 unspecified atom stereocenters. The number of nitro groups is 1. The first-order valence-electron chi connectivity index (χ1n) is 5.96. The normalized spacial score (nSPS) is 10.4. The van der Waals surface area contributed by atoms with E-state index in [0.29, 0.717) is 11.5 Å². The Labute approximate surface area is 114 Å². The van der Waals surface area contributed by atoms with Gasteiger partial charge in [-0.05, 0) is 18.2 Å². The molecule has 0 radical (unpaired) electrons. The second kappa shape index (κ2) is 4.93. The minimum atomic E-state index is -0.425. The van der Waals surface area contributed by atoms with Crippen LogP contribution in [0, 0.1) is 10.1 Å². The molecule has 98 valence electrons. The molecule has 0 amide bonds. The molecule has 0 fully saturated rings. The first kappa shape index (κ1) is 12.0. The Morgan fingerprint density at radius 3 is 2.60 bits per heavy atom. The molecule has 0 aliphatic carbocycles. The number of benzene rings is 2. The number of fused-ring (bicyclic) bond motifs is 1. The molecule has 1 aromatic heterocycles. The standard InChI is InChI=1S/C14H10N4O2/c19-18(20)13-8-4-3-7-12(13)17-14-10-5-1-2-6-11(10)15-9-16-14/h1-9H,(H,15,16,17). The van der Waals surface area contributed by atoms with E-state index in [4.69, 9.17) is 0 Å². The van der Waals surface area contributed by atoms with Crippen LogP contribution in [0.5, 0.6) is 0 Å². The van der Waals surface area contributed by atoms with Crippen molar-refractivity contribution in [1.29, 1.82) is 0 Å². The van der Waals surface area contributed by atoms with Crippen LogP contribution in [-0.4, -0.2) is 14.9 Å². The molecule has 0 spiro atoms. The highest BCUT2D eigenvalue weighted by Gasteiger charge is 2.13. The Morgan fingerprint density at radius 2 is 1.75 bits per heavy atom. The topological polar surface area (TPSA) is 81.0 Å². The van der Waals surface area contributed by atoms with E-state index in [9.17, 15) is 10.1 Å². The number of para-hydroxylation sites is 3. The molecule has 1 heterocycles. The average molecular weight is 266 g/mol. The summed E-state index contributed by atoms with van der Waals surface area (Å²) in [5.74, 6) is 0.546. The van der Waals surface area contributed by atoms with Gasteiger partial charge in [0.05, 0.1) is 10.4 Å². The molecule has 6 nitrogen and oxygen atoms in total. The lowest BCUT2D eigenvalue weighted by atomic mass is 10.2. The van der Waals surface area contributed by atoms with Crippen molar-refractivity contribution in [3.8, 4) is 0 Å². The highest BCUT2D eigenvalue weighted by atomic mass is 16.6. The number of hydrogen-bond donors (Lipinski definition) is 1. The van der Waals surface area contributed by atoms with Gasteiger partial charge in [0.1, 0.15) is 17.8 Å². The molecule has 6 heteroatoms. The van der Waals surface area contributed by atoms with Crippen LogP contribution >= 0.6 is 0 Å². The second-order valence-corrected chi connectivity index (χ2v) is 4.14. The number of nitrogens with zero attached hydrogens (tertiary/aromatic N) is 3. The van der Waals surface area contributed by atoms with Crippen LogP contribution in [0.4, 0.5) is 17.2 Å². The molecule has 0 aliphatic rings. The Balaban J connectivity index is 2.08. The number of nitro benzene ring substituents is 1. The highest BCUT2D eigenvalue weighted by molar-refractivity contribution is 5.91. The second-order valence-electron chi connectivity index (χ2n) is 4.14. The van der Waals surface area contributed by atoms with Gasteiger partial charge in [0.2, 0.25) is 0 Å². The lowest BCUT2D eigenvalue weighted by Gasteiger charge is -2.08. The van der Waals surface area contributed by atoms with Crippen LogP contribution < -0.4 is 5.32 Å². The van der Waals surface area contributed by atoms with Crippen LogP contribution in [0.3, 0.4) is 0 Å². The summed E-state index contributed by atoms with van der Waals surface area (Å²) < 4.78 is 0. The Morgan fingerprint density at radius 1 is 1.00 bits per heavy atom. The molecule has 1 N–H and O–H groups in total. The van der Waals surface area contributed by atoms with E-state index in [1.807, 2.05) is 24.3 Å². The SMILES string of the molecule is O=[N+]([O-])c1ccccc1Nc1ncnc2ccccc12. The Bertz CT molecular complexity index is 783. The van der Waals surface area contributed by atoms with Crippen LogP contribution in [0.1, 0.15) is 0 Å². The van der Waals surface area contributed by atoms with Gasteiger partial charge in [0.15, 0.2) is 0 Å².